The molecular formula is C7H7N4Na. The summed E-state index contributed by atoms with van der Waals surface area (Å²) >= 11 is 0. The smallest absolute Gasteiger partial charge is 0.333 e. The van der Waals surface area contributed by atoms with E-state index in [0.717, 1.165) is 11.4 Å². The van der Waals surface area contributed by atoms with Gasteiger partial charge in [0.05, 0.1) is 12.1 Å². The molecule has 0 saturated heterocycles. The molecule has 0 radical (unpaired) electrons. The van der Waals surface area contributed by atoms with Crippen LogP contribution in [0.2, 0.25) is 0 Å². The largest absolute Gasteiger partial charge is 1.00 e. The minimum absolute atomic E-state index is 0. The number of hydrogen-bond donors (Lipinski definition) is 0. The van der Waals surface area contributed by atoms with Gasteiger partial charge in [0.15, 0.2) is 0 Å². The average molecular weight is 170 g/mol. The molecule has 0 fully saturated rings. The maximum Gasteiger partial charge on any atom is 1.00 e. The summed E-state index contributed by atoms with van der Waals surface area (Å²) in [5.74, 6) is 0.241. The Morgan fingerprint density at radius 2 is 1.83 bits per heavy atom. The summed E-state index contributed by atoms with van der Waals surface area (Å²) in [4.78, 5) is 7.85. The van der Waals surface area contributed by atoms with Crippen molar-refractivity contribution in [3.05, 3.63) is 22.8 Å². The van der Waals surface area contributed by atoms with Crippen LogP contribution >= 0.6 is 0 Å². The molecule has 0 spiro atoms. The second-order valence-corrected chi connectivity index (χ2v) is 2.16. The molecular weight excluding hydrogens is 163 g/mol. The van der Waals surface area contributed by atoms with Crippen LogP contribution < -0.4 is 29.6 Å². The van der Waals surface area contributed by atoms with E-state index in [1.54, 1.807) is 6.19 Å². The van der Waals surface area contributed by atoms with E-state index in [4.69, 9.17) is 5.26 Å². The molecule has 0 aromatic carbocycles. The first-order valence-electron chi connectivity index (χ1n) is 3.14. The van der Waals surface area contributed by atoms with E-state index in [-0.39, 0.29) is 35.5 Å². The van der Waals surface area contributed by atoms with Gasteiger partial charge in [-0.05, 0) is 31.3 Å². The molecule has 0 saturated carbocycles. The van der Waals surface area contributed by atoms with Gasteiger partial charge in [-0.2, -0.15) is 0 Å². The molecule has 12 heavy (non-hydrogen) atoms. The molecule has 56 valence electrons. The summed E-state index contributed by atoms with van der Waals surface area (Å²) in [7, 11) is 0. The molecule has 0 atom stereocenters. The van der Waals surface area contributed by atoms with Gasteiger partial charge in [0.2, 0.25) is 0 Å². The number of aromatic nitrogens is 2. The fourth-order valence-electron chi connectivity index (χ4n) is 0.802. The first kappa shape index (κ1) is 11.4. The molecule has 1 aromatic rings. The van der Waals surface area contributed by atoms with Crippen molar-refractivity contribution in [2.24, 2.45) is 0 Å². The van der Waals surface area contributed by atoms with Gasteiger partial charge in [-0.15, -0.1) is 0 Å². The molecule has 1 aromatic heterocycles. The molecule has 1 heterocycles. The summed E-state index contributed by atoms with van der Waals surface area (Å²) in [5, 5.41) is 11.6. The van der Waals surface area contributed by atoms with Gasteiger partial charge in [-0.25, -0.2) is 0 Å². The molecule has 5 heteroatoms. The zero-order chi connectivity index (χ0) is 8.27. The first-order chi connectivity index (χ1) is 5.22. The number of aryl methyl sites for hydroxylation is 2. The maximum absolute atomic E-state index is 8.20. The third-order valence-electron chi connectivity index (χ3n) is 1.12. The summed E-state index contributed by atoms with van der Waals surface area (Å²) in [5.41, 5.74) is 1.65. The first-order valence-corrected chi connectivity index (χ1v) is 3.14. The fraction of sp³-hybridized carbons (Fsp3) is 0.286. The van der Waals surface area contributed by atoms with E-state index in [9.17, 15) is 0 Å². The predicted octanol–water partition coefficient (Wildman–Crippen LogP) is -1.42. The topological polar surface area (TPSA) is 63.7 Å². The van der Waals surface area contributed by atoms with Gasteiger partial charge >= 0.3 is 29.6 Å². The van der Waals surface area contributed by atoms with E-state index < -0.39 is 0 Å². The number of hydrogen-bond acceptors (Lipinski definition) is 3. The average Bonchev–Trinajstić information content (AvgIpc) is 1.85. The summed E-state index contributed by atoms with van der Waals surface area (Å²) in [6.45, 7) is 3.68. The van der Waals surface area contributed by atoms with Gasteiger partial charge in [-0.3, -0.25) is 5.32 Å². The molecule has 0 aliphatic carbocycles. The van der Waals surface area contributed by atoms with E-state index >= 15 is 0 Å². The Bertz CT molecular complexity index is 285. The molecule has 0 N–H and O–H groups in total. The summed E-state index contributed by atoms with van der Waals surface area (Å²) < 4.78 is 0. The Labute approximate surface area is 93.3 Å². The predicted molar refractivity (Wildman–Crippen MR) is 40.1 cm³/mol. The standard InChI is InChI=1S/C7H7N4.Na/c1-5-3-6(2)11-7(10-5)9-4-8;/h3H,1-2H3;/q-1;+1. The van der Waals surface area contributed by atoms with Crippen LogP contribution in [0.25, 0.3) is 5.32 Å². The van der Waals surface area contributed by atoms with Gasteiger partial charge in [0, 0.05) is 0 Å². The van der Waals surface area contributed by atoms with Crippen molar-refractivity contribution < 1.29 is 29.6 Å². The van der Waals surface area contributed by atoms with Crippen LogP contribution in [-0.2, 0) is 0 Å². The van der Waals surface area contributed by atoms with Crippen LogP contribution in [0.5, 0.6) is 0 Å². The molecule has 0 bridgehead atoms. The van der Waals surface area contributed by atoms with Gasteiger partial charge in [0.25, 0.3) is 0 Å². The zero-order valence-corrected chi connectivity index (χ0v) is 9.37. The van der Waals surface area contributed by atoms with Crippen LogP contribution in [0, 0.1) is 25.3 Å². The van der Waals surface area contributed by atoms with Crippen molar-refractivity contribution in [2.75, 3.05) is 0 Å². The molecule has 0 aliphatic heterocycles. The summed E-state index contributed by atoms with van der Waals surface area (Å²) in [6.07, 6.45) is 1.64. The fourth-order valence-corrected chi connectivity index (χ4v) is 0.802. The van der Waals surface area contributed by atoms with Gasteiger partial charge < -0.3 is 15.2 Å². The van der Waals surface area contributed by atoms with Crippen LogP contribution in [0.15, 0.2) is 6.07 Å². The Morgan fingerprint density at radius 3 is 2.25 bits per heavy atom. The Hall–Kier alpha value is -0.630. The molecule has 1 rings (SSSR count). The Balaban J connectivity index is 0.00000121. The maximum atomic E-state index is 8.20. The van der Waals surface area contributed by atoms with E-state index in [2.05, 4.69) is 15.3 Å². The Kier molecular flexibility index (Phi) is 4.83. The molecule has 4 nitrogen and oxygen atoms in total. The van der Waals surface area contributed by atoms with Crippen molar-refractivity contribution in [1.82, 2.24) is 9.97 Å². The van der Waals surface area contributed by atoms with Crippen molar-refractivity contribution >= 4 is 5.95 Å². The minimum Gasteiger partial charge on any atom is -0.333 e. The van der Waals surface area contributed by atoms with Crippen molar-refractivity contribution in [2.45, 2.75) is 13.8 Å². The van der Waals surface area contributed by atoms with E-state index in [1.165, 1.54) is 0 Å². The van der Waals surface area contributed by atoms with Crippen molar-refractivity contribution in [3.63, 3.8) is 0 Å². The second kappa shape index (κ2) is 5.09. The number of nitrogens with zero attached hydrogens (tertiary/aromatic N) is 4. The summed E-state index contributed by atoms with van der Waals surface area (Å²) in [6, 6.07) is 1.83. The van der Waals surface area contributed by atoms with Crippen LogP contribution in [0.1, 0.15) is 11.4 Å². The number of rotatable bonds is 1. The zero-order valence-electron chi connectivity index (χ0n) is 7.37. The number of nitriles is 1. The van der Waals surface area contributed by atoms with Gasteiger partial charge in [-0.1, -0.05) is 0 Å². The van der Waals surface area contributed by atoms with Crippen molar-refractivity contribution in [3.8, 4) is 6.19 Å². The Morgan fingerprint density at radius 1 is 1.33 bits per heavy atom. The molecule has 0 unspecified atom stereocenters. The van der Waals surface area contributed by atoms with E-state index in [0.29, 0.717) is 0 Å². The molecule has 0 amide bonds. The van der Waals surface area contributed by atoms with Crippen molar-refractivity contribution in [1.29, 1.82) is 5.26 Å². The van der Waals surface area contributed by atoms with Gasteiger partial charge in [0.1, 0.15) is 0 Å². The normalized spacial score (nSPS) is 8.08. The quantitative estimate of drug-likeness (QED) is 0.384. The van der Waals surface area contributed by atoms with E-state index in [1.807, 2.05) is 19.9 Å². The minimum atomic E-state index is 0. The van der Waals surface area contributed by atoms with Crippen LogP contribution in [-0.4, -0.2) is 9.97 Å². The third-order valence-corrected chi connectivity index (χ3v) is 1.12. The SMILES string of the molecule is Cc1cc(C)nc([N-]C#N)n1.[Na+]. The second-order valence-electron chi connectivity index (χ2n) is 2.16. The third kappa shape index (κ3) is 3.18. The van der Waals surface area contributed by atoms with Crippen LogP contribution in [0.3, 0.4) is 0 Å². The molecule has 0 aliphatic rings. The monoisotopic (exact) mass is 170 g/mol. The van der Waals surface area contributed by atoms with Crippen LogP contribution in [0.4, 0.5) is 5.95 Å².